The zero-order valence-electron chi connectivity index (χ0n) is 20.9. The highest BCUT2D eigenvalue weighted by Gasteiger charge is 2.32. The van der Waals surface area contributed by atoms with Crippen LogP contribution in [-0.4, -0.2) is 50.5 Å². The number of aromatic nitrogens is 4. The second-order valence-electron chi connectivity index (χ2n) is 10.1. The minimum absolute atomic E-state index is 0.0471. The highest BCUT2D eigenvalue weighted by Crippen LogP contribution is 2.37. The molecule has 4 N–H and O–H groups in total. The number of rotatable bonds is 7. The van der Waals surface area contributed by atoms with Crippen molar-refractivity contribution in [3.05, 3.63) is 30.5 Å². The van der Waals surface area contributed by atoms with Crippen LogP contribution in [0.2, 0.25) is 0 Å². The molecule has 5 rings (SSSR count). The Hall–Kier alpha value is -3.61. The van der Waals surface area contributed by atoms with Crippen molar-refractivity contribution >= 4 is 34.7 Å². The van der Waals surface area contributed by atoms with E-state index in [9.17, 15) is 18.0 Å². The zero-order valence-corrected chi connectivity index (χ0v) is 20.9. The number of halogens is 3. The Kier molecular flexibility index (Phi) is 7.03. The molecular weight excluding hydrogens is 503 g/mol. The molecule has 1 saturated carbocycles. The predicted molar refractivity (Wildman–Crippen MR) is 134 cm³/mol. The number of ether oxygens (including phenoxy) is 2. The summed E-state index contributed by atoms with van der Waals surface area (Å²) in [5, 5.41) is 6.58. The van der Waals surface area contributed by atoms with E-state index in [-0.39, 0.29) is 29.2 Å². The Morgan fingerprint density at radius 3 is 2.61 bits per heavy atom. The lowest BCUT2D eigenvalue weighted by atomic mass is 9.85. The monoisotopic (exact) mass is 533 g/mol. The third kappa shape index (κ3) is 5.93. The molecule has 13 heteroatoms. The zero-order chi connectivity index (χ0) is 26.9. The van der Waals surface area contributed by atoms with Gasteiger partial charge in [-0.2, -0.15) is 4.98 Å². The smallest absolute Gasteiger partial charge is 0.406 e. The maximum atomic E-state index is 12.7. The van der Waals surface area contributed by atoms with Crippen LogP contribution >= 0.6 is 0 Å². The molecule has 3 heterocycles. The van der Waals surface area contributed by atoms with Gasteiger partial charge in [-0.1, -0.05) is 6.07 Å². The SMILES string of the molecule is CC1(Nc2ncc3nc(Nc4cccc(OC(F)(F)F)c4)n([C@H]4CC[C@H](C(N)=O)CC4)c3n2)CCOCC1. The topological polar surface area (TPSA) is 129 Å². The number of imidazole rings is 1. The number of amides is 1. The maximum Gasteiger partial charge on any atom is 0.573 e. The van der Waals surface area contributed by atoms with E-state index in [1.165, 1.54) is 18.2 Å². The number of fused-ring (bicyclic) bond motifs is 1. The van der Waals surface area contributed by atoms with Gasteiger partial charge in [0, 0.05) is 42.5 Å². The molecule has 2 fully saturated rings. The van der Waals surface area contributed by atoms with Crippen LogP contribution in [0.4, 0.5) is 30.8 Å². The minimum Gasteiger partial charge on any atom is -0.406 e. The van der Waals surface area contributed by atoms with Gasteiger partial charge in [-0.25, -0.2) is 9.97 Å². The van der Waals surface area contributed by atoms with Crippen molar-refractivity contribution in [1.82, 2.24) is 19.5 Å². The Bertz CT molecular complexity index is 1300. The highest BCUT2D eigenvalue weighted by atomic mass is 19.4. The average Bonchev–Trinajstić information content (AvgIpc) is 3.20. The molecule has 1 aromatic carbocycles. The molecule has 0 atom stereocenters. The second-order valence-corrected chi connectivity index (χ2v) is 10.1. The summed E-state index contributed by atoms with van der Waals surface area (Å²) in [5.74, 6) is 0.0331. The van der Waals surface area contributed by atoms with E-state index >= 15 is 0 Å². The molecule has 10 nitrogen and oxygen atoms in total. The third-order valence-electron chi connectivity index (χ3n) is 7.23. The van der Waals surface area contributed by atoms with Crippen LogP contribution in [0.1, 0.15) is 51.5 Å². The Morgan fingerprint density at radius 2 is 1.92 bits per heavy atom. The number of carbonyl (C=O) groups excluding carboxylic acids is 1. The van der Waals surface area contributed by atoms with Crippen LogP contribution in [0, 0.1) is 5.92 Å². The third-order valence-corrected chi connectivity index (χ3v) is 7.23. The number of primary amides is 1. The number of hydrogen-bond donors (Lipinski definition) is 3. The molecule has 1 amide bonds. The Labute approximate surface area is 217 Å². The fourth-order valence-electron chi connectivity index (χ4n) is 5.12. The maximum absolute atomic E-state index is 12.7. The number of anilines is 3. The van der Waals surface area contributed by atoms with Crippen LogP contribution in [0.15, 0.2) is 30.5 Å². The van der Waals surface area contributed by atoms with Crippen molar-refractivity contribution in [2.45, 2.75) is 63.4 Å². The van der Waals surface area contributed by atoms with Crippen molar-refractivity contribution in [3.8, 4) is 5.75 Å². The molecule has 0 bridgehead atoms. The number of hydrogen-bond acceptors (Lipinski definition) is 8. The van der Waals surface area contributed by atoms with E-state index in [2.05, 4.69) is 32.3 Å². The lowest BCUT2D eigenvalue weighted by molar-refractivity contribution is -0.274. The summed E-state index contributed by atoms with van der Waals surface area (Å²) < 4.78 is 49.7. The average molecular weight is 534 g/mol. The minimum atomic E-state index is -4.80. The van der Waals surface area contributed by atoms with Gasteiger partial charge in [0.1, 0.15) is 11.3 Å². The summed E-state index contributed by atoms with van der Waals surface area (Å²) in [4.78, 5) is 25.7. The van der Waals surface area contributed by atoms with Gasteiger partial charge in [0.15, 0.2) is 5.65 Å². The van der Waals surface area contributed by atoms with E-state index in [0.717, 1.165) is 12.8 Å². The molecule has 1 aliphatic heterocycles. The number of alkyl halides is 3. The van der Waals surface area contributed by atoms with E-state index < -0.39 is 6.36 Å². The Balaban J connectivity index is 1.49. The Morgan fingerprint density at radius 1 is 1.18 bits per heavy atom. The van der Waals surface area contributed by atoms with Crippen molar-refractivity contribution in [2.24, 2.45) is 11.7 Å². The van der Waals surface area contributed by atoms with E-state index in [1.54, 1.807) is 12.3 Å². The molecule has 2 aliphatic rings. The van der Waals surface area contributed by atoms with Crippen molar-refractivity contribution in [2.75, 3.05) is 23.8 Å². The van der Waals surface area contributed by atoms with Gasteiger partial charge in [0.2, 0.25) is 17.8 Å². The van der Waals surface area contributed by atoms with Gasteiger partial charge < -0.3 is 25.8 Å². The molecule has 2 aromatic heterocycles. The van der Waals surface area contributed by atoms with Gasteiger partial charge in [0.05, 0.1) is 6.20 Å². The molecule has 0 unspecified atom stereocenters. The number of benzene rings is 1. The van der Waals surface area contributed by atoms with Gasteiger partial charge in [-0.15, -0.1) is 13.2 Å². The predicted octanol–water partition coefficient (Wildman–Crippen LogP) is 4.67. The van der Waals surface area contributed by atoms with Crippen molar-refractivity contribution < 1.29 is 27.4 Å². The lowest BCUT2D eigenvalue weighted by Gasteiger charge is -2.34. The van der Waals surface area contributed by atoms with Crippen LogP contribution in [0.25, 0.3) is 11.2 Å². The van der Waals surface area contributed by atoms with Gasteiger partial charge in [0.25, 0.3) is 0 Å². The first-order valence-electron chi connectivity index (χ1n) is 12.6. The van der Waals surface area contributed by atoms with Crippen LogP contribution in [-0.2, 0) is 9.53 Å². The fourth-order valence-corrected chi connectivity index (χ4v) is 5.12. The quantitative estimate of drug-likeness (QED) is 0.400. The van der Waals surface area contributed by atoms with E-state index in [1.807, 2.05) is 4.57 Å². The molecule has 204 valence electrons. The number of nitrogens with zero attached hydrogens (tertiary/aromatic N) is 4. The summed E-state index contributed by atoms with van der Waals surface area (Å²) in [6, 6.07) is 5.53. The van der Waals surface area contributed by atoms with Crippen LogP contribution in [0.5, 0.6) is 5.75 Å². The second kappa shape index (κ2) is 10.3. The highest BCUT2D eigenvalue weighted by molar-refractivity contribution is 5.78. The van der Waals surface area contributed by atoms with Crippen LogP contribution < -0.4 is 21.1 Å². The van der Waals surface area contributed by atoms with Crippen molar-refractivity contribution in [3.63, 3.8) is 0 Å². The van der Waals surface area contributed by atoms with Gasteiger partial charge in [-0.05, 0) is 57.6 Å². The molecule has 3 aromatic rings. The lowest BCUT2D eigenvalue weighted by Crippen LogP contribution is -2.41. The van der Waals surface area contributed by atoms with Crippen molar-refractivity contribution in [1.29, 1.82) is 0 Å². The molecule has 0 radical (unpaired) electrons. The summed E-state index contributed by atoms with van der Waals surface area (Å²) in [6.07, 6.45) is 1.06. The summed E-state index contributed by atoms with van der Waals surface area (Å²) in [5.41, 5.74) is 6.82. The van der Waals surface area contributed by atoms with E-state index in [4.69, 9.17) is 15.5 Å². The van der Waals surface area contributed by atoms with Crippen LogP contribution in [0.3, 0.4) is 0 Å². The number of carbonyl (C=O) groups is 1. The molecule has 1 aliphatic carbocycles. The molecule has 38 heavy (non-hydrogen) atoms. The molecule has 1 saturated heterocycles. The first-order valence-corrected chi connectivity index (χ1v) is 12.6. The summed E-state index contributed by atoms with van der Waals surface area (Å²) in [6.45, 7) is 3.41. The first kappa shape index (κ1) is 26.0. The fraction of sp³-hybridized carbons (Fsp3) is 0.520. The normalized spacial score (nSPS) is 21.7. The number of nitrogens with two attached hydrogens (primary N) is 1. The first-order chi connectivity index (χ1) is 18.1. The largest absolute Gasteiger partial charge is 0.573 e. The molecule has 0 spiro atoms. The van der Waals surface area contributed by atoms with Gasteiger partial charge >= 0.3 is 6.36 Å². The van der Waals surface area contributed by atoms with Gasteiger partial charge in [-0.3, -0.25) is 9.36 Å². The summed E-state index contributed by atoms with van der Waals surface area (Å²) >= 11 is 0. The van der Waals surface area contributed by atoms with E-state index in [0.29, 0.717) is 67.6 Å². The summed E-state index contributed by atoms with van der Waals surface area (Å²) in [7, 11) is 0. The molecular formula is C25H30F3N7O3. The standard InChI is InChI=1S/C25H30F3N7O3/c1-24(9-11-37-12-10-24)34-22-30-14-19-21(33-22)35(17-7-5-15(6-8-17)20(29)36)23(32-19)31-16-3-2-4-18(13-16)38-25(26,27)28/h2-4,13-15,17H,5-12H2,1H3,(H2,29,36)(H,31,32)(H,30,33,34)/t15-,17-. The number of nitrogens with one attached hydrogen (secondary N) is 2.